The monoisotopic (exact) mass is 2040 g/mol. The van der Waals surface area contributed by atoms with E-state index < -0.39 is 240 Å². The summed E-state index contributed by atoms with van der Waals surface area (Å²) in [4.78, 5) is 64.8. The molecule has 0 aromatic carbocycles. The van der Waals surface area contributed by atoms with Crippen LogP contribution in [-0.2, 0) is 80.8 Å². The van der Waals surface area contributed by atoms with Crippen LogP contribution in [0.2, 0.25) is 0 Å². The molecule has 11 fully saturated rings. The van der Waals surface area contributed by atoms with Crippen molar-refractivity contribution >= 4 is 29.8 Å². The molecule has 8 bridgehead atoms. The molecule has 11 aliphatic rings. The lowest BCUT2D eigenvalue weighted by atomic mass is 9.30. The minimum atomic E-state index is -6.24. The van der Waals surface area contributed by atoms with Gasteiger partial charge in [-0.2, -0.15) is 65.9 Å². The minimum Gasteiger partial charge on any atom is -0.459 e. The van der Waals surface area contributed by atoms with Gasteiger partial charge in [0.05, 0.1) is 86.8 Å². The summed E-state index contributed by atoms with van der Waals surface area (Å²) in [5.41, 5.74) is -32.1. The van der Waals surface area contributed by atoms with Crippen molar-refractivity contribution in [3.8, 4) is 0 Å². The lowest BCUT2D eigenvalue weighted by Crippen LogP contribution is -2.78. The number of rotatable bonds is 40. The molecule has 0 amide bonds. The maximum Gasteiger partial charge on any atom is 0.428 e. The maximum absolute atomic E-state index is 14.5. The molecule has 0 saturated heterocycles. The SMILES string of the molecule is C=C(C)C(=O)OC12CC3(C4(OC(C)C(C)(C)O)CCCC4)CC(C4(OC(C)C(C)(C)O)CCCC4)(C1)CC(C1(OC(C)C(C)(O)C(F)(F)F)CCCC1)(C2)C3.C=C(C)C(=O)OC12CC3CC(C1)CC(C(=O)OC(CC(C)(C)OC(C)C(C)(C)O)C(C)(C)OC(C)C(C)(O)C(F)(F)F)(C3)C2.C=C(C)C(=O)OCC(=O)OC(CC(C)(C)OC(C)C(O)(C(F)(F)F)C(F)(F)F)C(C)(C)OC(C)C(C)(O)C(F)(F)F. The fourth-order valence-corrected chi connectivity index (χ4v) is 24.1. The summed E-state index contributed by atoms with van der Waals surface area (Å²) in [6.07, 6.45) is -25.0. The number of ether oxygens (including phenoxy) is 12. The second kappa shape index (κ2) is 40.8. The van der Waals surface area contributed by atoms with Crippen molar-refractivity contribution in [2.45, 2.75) is 529 Å². The van der Waals surface area contributed by atoms with E-state index in [9.17, 15) is 126 Å². The normalized spacial score (nSPS) is 29.3. The summed E-state index contributed by atoms with van der Waals surface area (Å²) in [5.74, 6) is -3.52. The summed E-state index contributed by atoms with van der Waals surface area (Å²) in [7, 11) is 0. The Kier molecular flexibility index (Phi) is 35.5. The Morgan fingerprint density at radius 3 is 0.943 bits per heavy atom. The molecule has 11 aliphatic carbocycles. The standard InChI is InChI=1S/C44H71F3O8.C33H53F3O8.C24H35F9O8/c1-29(2)33(48)55-40-26-37(41(17-11-12-18-41)52-30(3)34(6,7)49)23-38(27-40,42(19-13-14-20-42)53-31(4)35(8,9)50)25-39(24-37,28-40)43(21-15-16-22-43)54-32(5)36(10,51)44(45,46)47;1-19(2)25(37)44-32-15-22-12-23(16-32)14-31(13-22,18-32)26(38)41-24(17-27(5,6)42-20(3)28(7,8)39)29(9,10)43-21(4)30(11,40)33(34,35)36;1-12(2)17(35)38-11-16(34)39-15(19(7,8)41-13(3)20(9,36)22(25,26)27)10-18(5,6)40-14(4)21(37,23(28,29)30)24(31,32)33/h30-32,49-51H,1,11-28H2,2-10H3;20-24,39-40H,1,12-18H2,2-11H3;13-15,36-37H,1,10-11H2,2-9H3. The van der Waals surface area contributed by atoms with Crippen LogP contribution >= 0.6 is 0 Å². The van der Waals surface area contributed by atoms with E-state index in [1.165, 1.54) is 27.7 Å². The zero-order valence-corrected chi connectivity index (χ0v) is 86.8. The highest BCUT2D eigenvalue weighted by Gasteiger charge is 2.83. The van der Waals surface area contributed by atoms with Gasteiger partial charge in [0.15, 0.2) is 23.4 Å². The van der Waals surface area contributed by atoms with E-state index in [1.807, 2.05) is 13.8 Å². The van der Waals surface area contributed by atoms with Crippen molar-refractivity contribution in [1.82, 2.24) is 0 Å². The quantitative estimate of drug-likeness (QED) is 0.0130. The topological polar surface area (TPSA) is 338 Å². The van der Waals surface area contributed by atoms with Crippen LogP contribution in [0.4, 0.5) is 65.9 Å². The first-order valence-electron chi connectivity index (χ1n) is 48.7. The predicted octanol–water partition coefficient (Wildman–Crippen LogP) is 20.3. The van der Waals surface area contributed by atoms with Gasteiger partial charge in [-0.25, -0.2) is 19.2 Å². The first-order chi connectivity index (χ1) is 62.5. The maximum atomic E-state index is 14.5. The number of halogens is 15. The zero-order chi connectivity index (χ0) is 108. The number of carbonyl (C=O) groups excluding carboxylic acids is 5. The Hall–Kier alpha value is -5.04. The van der Waals surface area contributed by atoms with Crippen LogP contribution in [0.5, 0.6) is 0 Å². The number of carbonyl (C=O) groups is 5. The van der Waals surface area contributed by atoms with Gasteiger partial charge >= 0.3 is 60.7 Å². The van der Waals surface area contributed by atoms with E-state index in [-0.39, 0.29) is 35.0 Å². The number of esters is 5. The molecule has 16 unspecified atom stereocenters. The number of aliphatic hydroxyl groups is 7. The average Bonchev–Trinajstić information content (AvgIpc) is 1.10. The van der Waals surface area contributed by atoms with Crippen molar-refractivity contribution in [3.63, 3.8) is 0 Å². The van der Waals surface area contributed by atoms with Gasteiger partial charge in [-0.3, -0.25) is 4.79 Å². The molecule has 11 saturated carbocycles. The second-order valence-electron chi connectivity index (χ2n) is 47.8. The summed E-state index contributed by atoms with van der Waals surface area (Å²) in [5, 5.41) is 74.1. The van der Waals surface area contributed by atoms with Gasteiger partial charge in [0, 0.05) is 52.2 Å². The largest absolute Gasteiger partial charge is 0.459 e. The Bertz CT molecular complexity index is 4260. The second-order valence-corrected chi connectivity index (χ2v) is 47.8. The highest BCUT2D eigenvalue weighted by Crippen LogP contribution is 2.83. The third-order valence-electron chi connectivity index (χ3n) is 32.7. The fourth-order valence-electron chi connectivity index (χ4n) is 24.1. The van der Waals surface area contributed by atoms with Crippen molar-refractivity contribution in [2.75, 3.05) is 6.61 Å². The Morgan fingerprint density at radius 2 is 0.643 bits per heavy atom. The molecule has 39 heteroatoms. The molecule has 0 heterocycles. The molecule has 0 aromatic rings. The number of hydrogen-bond acceptors (Lipinski definition) is 24. The molecule has 0 aliphatic heterocycles. The van der Waals surface area contributed by atoms with Crippen LogP contribution in [0.3, 0.4) is 0 Å². The van der Waals surface area contributed by atoms with Gasteiger partial charge < -0.3 is 92.6 Å². The smallest absolute Gasteiger partial charge is 0.428 e. The van der Waals surface area contributed by atoms with Crippen LogP contribution in [-0.4, -0.2) is 248 Å². The Labute approximate surface area is 814 Å². The minimum absolute atomic E-state index is 0.0196. The zero-order valence-electron chi connectivity index (χ0n) is 86.8. The highest BCUT2D eigenvalue weighted by molar-refractivity contribution is 5.89. The van der Waals surface area contributed by atoms with Gasteiger partial charge in [-0.1, -0.05) is 58.3 Å². The Balaban J connectivity index is 0.000000290. The van der Waals surface area contributed by atoms with Crippen molar-refractivity contribution < 1.29 is 182 Å². The van der Waals surface area contributed by atoms with E-state index in [1.54, 1.807) is 76.2 Å². The van der Waals surface area contributed by atoms with Crippen LogP contribution in [0, 0.1) is 33.5 Å². The Morgan fingerprint density at radius 1 is 0.350 bits per heavy atom. The third-order valence-corrected chi connectivity index (χ3v) is 32.7. The van der Waals surface area contributed by atoms with E-state index in [0.717, 1.165) is 119 Å². The first kappa shape index (κ1) is 122. The molecule has 11 rings (SSSR count). The molecule has 7 N–H and O–H groups in total. The van der Waals surface area contributed by atoms with Gasteiger partial charge in [-0.05, 0) is 308 Å². The summed E-state index contributed by atoms with van der Waals surface area (Å²) in [6.45, 7) is 46.1. The molecule has 24 nitrogen and oxygen atoms in total. The van der Waals surface area contributed by atoms with E-state index in [2.05, 4.69) is 24.5 Å². The molecule has 140 heavy (non-hydrogen) atoms. The molecule has 0 aromatic heterocycles. The van der Waals surface area contributed by atoms with Gasteiger partial charge in [0.2, 0.25) is 0 Å². The van der Waals surface area contributed by atoms with Crippen LogP contribution in [0.25, 0.3) is 0 Å². The molecule has 16 atom stereocenters. The lowest BCUT2D eigenvalue weighted by Gasteiger charge is -2.78. The highest BCUT2D eigenvalue weighted by atomic mass is 19.4. The molecule has 0 radical (unpaired) electrons. The van der Waals surface area contributed by atoms with Gasteiger partial charge in [-0.15, -0.1) is 0 Å². The van der Waals surface area contributed by atoms with Crippen molar-refractivity contribution in [1.29, 1.82) is 0 Å². The summed E-state index contributed by atoms with van der Waals surface area (Å²) in [6, 6.07) is 0. The van der Waals surface area contributed by atoms with Gasteiger partial charge in [0.1, 0.15) is 40.7 Å². The lowest BCUT2D eigenvalue weighted by molar-refractivity contribution is -0.398. The van der Waals surface area contributed by atoms with Crippen LogP contribution in [0.1, 0.15) is 354 Å². The van der Waals surface area contributed by atoms with Crippen LogP contribution in [0.15, 0.2) is 36.5 Å². The van der Waals surface area contributed by atoms with Crippen molar-refractivity contribution in [2.24, 2.45) is 33.5 Å². The van der Waals surface area contributed by atoms with E-state index in [4.69, 9.17) is 52.1 Å². The summed E-state index contributed by atoms with van der Waals surface area (Å²) < 4.78 is 277. The predicted molar refractivity (Wildman–Crippen MR) is 484 cm³/mol. The van der Waals surface area contributed by atoms with Gasteiger partial charge in [0.25, 0.3) is 5.60 Å². The van der Waals surface area contributed by atoms with Crippen LogP contribution < -0.4 is 0 Å². The molecule has 0 spiro atoms. The molecule has 812 valence electrons. The first-order valence-corrected chi connectivity index (χ1v) is 48.7. The molecular weight excluding hydrogens is 1880 g/mol. The summed E-state index contributed by atoms with van der Waals surface area (Å²) >= 11 is 0. The van der Waals surface area contributed by atoms with E-state index in [0.29, 0.717) is 104 Å². The number of hydrogen-bond donors (Lipinski definition) is 7. The van der Waals surface area contributed by atoms with Crippen molar-refractivity contribution in [3.05, 3.63) is 36.5 Å². The third kappa shape index (κ3) is 25.7. The number of alkyl halides is 15. The average molecular weight is 2040 g/mol. The molecular formula is C101H159F15O24. The van der Waals surface area contributed by atoms with E-state index >= 15 is 0 Å². The fraction of sp³-hybridized carbons (Fsp3) is 0.891.